The largest absolute Gasteiger partial charge is 0.326 e. The molecule has 7 heteroatoms. The lowest BCUT2D eigenvalue weighted by atomic mass is 10.0. The van der Waals surface area contributed by atoms with Crippen LogP contribution in [-0.4, -0.2) is 20.5 Å². The van der Waals surface area contributed by atoms with Crippen LogP contribution in [0, 0.1) is 33.5 Å². The van der Waals surface area contributed by atoms with Gasteiger partial charge in [-0.1, -0.05) is 29.8 Å². The molecule has 0 aliphatic carbocycles. The van der Waals surface area contributed by atoms with Crippen molar-refractivity contribution in [1.82, 2.24) is 14.6 Å². The average Bonchev–Trinajstić information content (AvgIpc) is 3.08. The molecule has 0 radical (unpaired) electrons. The van der Waals surface area contributed by atoms with Gasteiger partial charge in [0.2, 0.25) is 5.91 Å². The second-order valence-electron chi connectivity index (χ2n) is 7.92. The van der Waals surface area contributed by atoms with Crippen LogP contribution in [0.5, 0.6) is 0 Å². The summed E-state index contributed by atoms with van der Waals surface area (Å²) in [7, 11) is 0. The van der Waals surface area contributed by atoms with Crippen molar-refractivity contribution in [3.05, 3.63) is 81.5 Å². The molecular formula is C25H24ClFN4O. The Labute approximate surface area is 191 Å². The molecule has 4 rings (SSSR count). The van der Waals surface area contributed by atoms with Crippen LogP contribution in [0.25, 0.3) is 16.8 Å². The number of hydrogen-bond acceptors (Lipinski definition) is 3. The smallest absolute Gasteiger partial charge is 0.224 e. The minimum atomic E-state index is -0.281. The van der Waals surface area contributed by atoms with Crippen molar-refractivity contribution in [3.8, 4) is 11.1 Å². The average molecular weight is 451 g/mol. The number of carbonyl (C=O) groups is 1. The zero-order chi connectivity index (χ0) is 23.0. The Morgan fingerprint density at radius 1 is 1.06 bits per heavy atom. The van der Waals surface area contributed by atoms with Crippen molar-refractivity contribution >= 4 is 28.8 Å². The van der Waals surface area contributed by atoms with E-state index in [1.807, 2.05) is 44.3 Å². The second-order valence-corrected chi connectivity index (χ2v) is 8.33. The number of anilines is 1. The number of benzene rings is 2. The summed E-state index contributed by atoms with van der Waals surface area (Å²) in [6, 6.07) is 11.8. The molecule has 1 N–H and O–H groups in total. The Hall–Kier alpha value is -3.25. The van der Waals surface area contributed by atoms with E-state index in [4.69, 9.17) is 16.6 Å². The molecule has 2 aromatic carbocycles. The first-order chi connectivity index (χ1) is 15.3. The van der Waals surface area contributed by atoms with Crippen LogP contribution in [0.2, 0.25) is 5.02 Å². The van der Waals surface area contributed by atoms with Gasteiger partial charge in [-0.2, -0.15) is 5.10 Å². The lowest BCUT2D eigenvalue weighted by molar-refractivity contribution is -0.116. The summed E-state index contributed by atoms with van der Waals surface area (Å²) in [4.78, 5) is 17.4. The molecule has 0 saturated heterocycles. The molecule has 0 aliphatic heterocycles. The monoisotopic (exact) mass is 450 g/mol. The van der Waals surface area contributed by atoms with E-state index in [1.54, 1.807) is 18.2 Å². The number of fused-ring (bicyclic) bond motifs is 1. The van der Waals surface area contributed by atoms with E-state index in [2.05, 4.69) is 10.4 Å². The fraction of sp³-hybridized carbons (Fsp3) is 0.240. The third-order valence-electron chi connectivity index (χ3n) is 5.78. The number of rotatable bonds is 5. The van der Waals surface area contributed by atoms with Gasteiger partial charge in [0.15, 0.2) is 5.65 Å². The molecule has 0 bridgehead atoms. The Morgan fingerprint density at radius 2 is 1.78 bits per heavy atom. The second kappa shape index (κ2) is 8.71. The van der Waals surface area contributed by atoms with Crippen molar-refractivity contribution in [3.63, 3.8) is 0 Å². The molecule has 5 nitrogen and oxygen atoms in total. The van der Waals surface area contributed by atoms with Gasteiger partial charge >= 0.3 is 0 Å². The zero-order valence-electron chi connectivity index (χ0n) is 18.5. The normalized spacial score (nSPS) is 11.2. The van der Waals surface area contributed by atoms with Crippen LogP contribution in [0.1, 0.15) is 34.6 Å². The standard InChI is InChI=1S/C25H24ClFN4O/c1-14-21(26)6-5-7-22(14)29-23(32)13-12-20-15(2)28-25-24(16(3)30-31(25)17(20)4)18-8-10-19(27)11-9-18/h5-11H,12-13H2,1-4H3,(H,29,32). The first-order valence-electron chi connectivity index (χ1n) is 10.4. The maximum absolute atomic E-state index is 13.4. The first-order valence-corrected chi connectivity index (χ1v) is 10.8. The highest BCUT2D eigenvalue weighted by atomic mass is 35.5. The number of halogens is 2. The minimum Gasteiger partial charge on any atom is -0.326 e. The van der Waals surface area contributed by atoms with Gasteiger partial charge in [0.25, 0.3) is 0 Å². The van der Waals surface area contributed by atoms with E-state index in [1.165, 1.54) is 12.1 Å². The Bertz CT molecular complexity index is 1330. The molecule has 1 amide bonds. The molecule has 0 spiro atoms. The Kier molecular flexibility index (Phi) is 5.98. The maximum atomic E-state index is 13.4. The van der Waals surface area contributed by atoms with Crippen LogP contribution >= 0.6 is 11.6 Å². The van der Waals surface area contributed by atoms with Gasteiger partial charge in [0.1, 0.15) is 5.82 Å². The fourth-order valence-corrected chi connectivity index (χ4v) is 4.15. The molecule has 0 atom stereocenters. The van der Waals surface area contributed by atoms with E-state index >= 15 is 0 Å². The fourth-order valence-electron chi connectivity index (χ4n) is 3.98. The molecule has 2 heterocycles. The molecule has 164 valence electrons. The van der Waals surface area contributed by atoms with Crippen molar-refractivity contribution in [2.75, 3.05) is 5.32 Å². The number of aromatic nitrogens is 3. The summed E-state index contributed by atoms with van der Waals surface area (Å²) in [6.07, 6.45) is 0.850. The van der Waals surface area contributed by atoms with E-state index in [0.29, 0.717) is 17.9 Å². The maximum Gasteiger partial charge on any atom is 0.224 e. The molecule has 0 saturated carbocycles. The molecule has 2 aromatic heterocycles. The highest BCUT2D eigenvalue weighted by Crippen LogP contribution is 2.30. The number of aryl methyl sites for hydroxylation is 3. The number of amides is 1. The lowest BCUT2D eigenvalue weighted by Gasteiger charge is -2.13. The van der Waals surface area contributed by atoms with E-state index in [0.717, 1.165) is 50.7 Å². The molecular weight excluding hydrogens is 427 g/mol. The van der Waals surface area contributed by atoms with Crippen molar-refractivity contribution < 1.29 is 9.18 Å². The number of nitrogens with one attached hydrogen (secondary N) is 1. The van der Waals surface area contributed by atoms with Gasteiger partial charge in [0.05, 0.1) is 5.69 Å². The number of nitrogens with zero attached hydrogens (tertiary/aromatic N) is 3. The van der Waals surface area contributed by atoms with Crippen molar-refractivity contribution in [1.29, 1.82) is 0 Å². The highest BCUT2D eigenvalue weighted by molar-refractivity contribution is 6.31. The van der Waals surface area contributed by atoms with Crippen LogP contribution in [0.3, 0.4) is 0 Å². The highest BCUT2D eigenvalue weighted by Gasteiger charge is 2.18. The number of hydrogen-bond donors (Lipinski definition) is 1. The SMILES string of the molecule is Cc1nc2c(-c3ccc(F)cc3)c(C)nn2c(C)c1CCC(=O)Nc1cccc(Cl)c1C. The van der Waals surface area contributed by atoms with E-state index in [9.17, 15) is 9.18 Å². The summed E-state index contributed by atoms with van der Waals surface area (Å²) in [5.41, 5.74) is 7.65. The van der Waals surface area contributed by atoms with Gasteiger partial charge in [-0.25, -0.2) is 13.9 Å². The predicted molar refractivity (Wildman–Crippen MR) is 126 cm³/mol. The summed E-state index contributed by atoms with van der Waals surface area (Å²) in [5, 5.41) is 8.23. The van der Waals surface area contributed by atoms with Gasteiger partial charge in [-0.3, -0.25) is 4.79 Å². The molecule has 0 fully saturated rings. The third kappa shape index (κ3) is 4.10. The Morgan fingerprint density at radius 3 is 2.50 bits per heavy atom. The van der Waals surface area contributed by atoms with Gasteiger partial charge in [-0.05, 0) is 75.1 Å². The van der Waals surface area contributed by atoms with Crippen molar-refractivity contribution in [2.24, 2.45) is 0 Å². The van der Waals surface area contributed by atoms with Gasteiger partial charge in [0, 0.05) is 34.1 Å². The minimum absolute atomic E-state index is 0.0853. The molecule has 4 aromatic rings. The predicted octanol–water partition coefficient (Wildman–Crippen LogP) is 5.99. The summed E-state index contributed by atoms with van der Waals surface area (Å²) in [6.45, 7) is 7.72. The molecule has 32 heavy (non-hydrogen) atoms. The summed E-state index contributed by atoms with van der Waals surface area (Å²) in [5.74, 6) is -0.366. The zero-order valence-corrected chi connectivity index (χ0v) is 19.2. The Balaban J connectivity index is 1.61. The first kappa shape index (κ1) is 22.0. The molecule has 0 unspecified atom stereocenters. The van der Waals surface area contributed by atoms with Crippen LogP contribution < -0.4 is 5.32 Å². The summed E-state index contributed by atoms with van der Waals surface area (Å²) < 4.78 is 15.2. The van der Waals surface area contributed by atoms with Gasteiger partial charge < -0.3 is 5.32 Å². The molecule has 0 aliphatic rings. The summed E-state index contributed by atoms with van der Waals surface area (Å²) >= 11 is 6.15. The topological polar surface area (TPSA) is 59.3 Å². The number of carbonyl (C=O) groups excluding carboxylic acids is 1. The quantitative estimate of drug-likeness (QED) is 0.406. The van der Waals surface area contributed by atoms with Crippen molar-refractivity contribution in [2.45, 2.75) is 40.5 Å². The lowest BCUT2D eigenvalue weighted by Crippen LogP contribution is -2.15. The van der Waals surface area contributed by atoms with Crippen LogP contribution in [0.15, 0.2) is 42.5 Å². The van der Waals surface area contributed by atoms with Crippen LogP contribution in [0.4, 0.5) is 10.1 Å². The third-order valence-corrected chi connectivity index (χ3v) is 6.19. The van der Waals surface area contributed by atoms with Crippen LogP contribution in [-0.2, 0) is 11.2 Å². The van der Waals surface area contributed by atoms with E-state index in [-0.39, 0.29) is 11.7 Å². The van der Waals surface area contributed by atoms with Gasteiger partial charge in [-0.15, -0.1) is 0 Å². The van der Waals surface area contributed by atoms with E-state index < -0.39 is 0 Å².